The van der Waals surface area contributed by atoms with E-state index in [9.17, 15) is 18.0 Å². The number of nitrogens with one attached hydrogen (secondary N) is 3. The van der Waals surface area contributed by atoms with Crippen LogP contribution in [0.3, 0.4) is 0 Å². The molecule has 3 N–H and O–H groups in total. The second-order valence-electron chi connectivity index (χ2n) is 5.00. The first kappa shape index (κ1) is 18.7. The normalized spacial score (nSPS) is 12.6. The van der Waals surface area contributed by atoms with Crippen LogP contribution in [0.4, 0.5) is 13.2 Å². The van der Waals surface area contributed by atoms with Gasteiger partial charge in [-0.05, 0) is 24.6 Å². The number of benzene rings is 1. The van der Waals surface area contributed by atoms with Crippen molar-refractivity contribution in [2.45, 2.75) is 13.1 Å². The molecule has 0 aliphatic heterocycles. The van der Waals surface area contributed by atoms with Crippen molar-refractivity contribution >= 4 is 23.5 Å². The second kappa shape index (κ2) is 7.93. The van der Waals surface area contributed by atoms with Crippen LogP contribution in [-0.2, 0) is 0 Å². The number of hydrogen-bond acceptors (Lipinski definition) is 5. The van der Waals surface area contributed by atoms with Crippen LogP contribution in [0, 0.1) is 17.0 Å². The van der Waals surface area contributed by atoms with Crippen molar-refractivity contribution in [1.29, 1.82) is 5.41 Å². The van der Waals surface area contributed by atoms with Gasteiger partial charge < -0.3 is 16.0 Å². The number of nitrogens with zero attached hydrogens (tertiary/aromatic N) is 1. The fourth-order valence-electron chi connectivity index (χ4n) is 1.98. The molecule has 0 saturated heterocycles. The fourth-order valence-corrected chi connectivity index (χ4v) is 2.83. The summed E-state index contributed by atoms with van der Waals surface area (Å²) in [5, 5.41) is 13.6. The molecule has 1 atom stereocenters. The maximum Gasteiger partial charge on any atom is 0.275 e. The molecule has 1 amide bonds. The van der Waals surface area contributed by atoms with Gasteiger partial charge in [0.05, 0.1) is 11.3 Å². The molecule has 2 aromatic rings. The van der Waals surface area contributed by atoms with Gasteiger partial charge in [0.2, 0.25) is 0 Å². The third-order valence-corrected chi connectivity index (χ3v) is 4.05. The Labute approximate surface area is 146 Å². The van der Waals surface area contributed by atoms with Gasteiger partial charge in [0.1, 0.15) is 28.5 Å². The Morgan fingerprint density at radius 1 is 1.36 bits per heavy atom. The van der Waals surface area contributed by atoms with Gasteiger partial charge in [0.15, 0.2) is 0 Å². The van der Waals surface area contributed by atoms with Gasteiger partial charge in [0, 0.05) is 24.8 Å². The molecule has 0 fully saturated rings. The van der Waals surface area contributed by atoms with Crippen molar-refractivity contribution in [3.05, 3.63) is 52.3 Å². The van der Waals surface area contributed by atoms with Crippen LogP contribution < -0.4 is 10.6 Å². The predicted molar refractivity (Wildman–Crippen MR) is 90.4 cm³/mol. The van der Waals surface area contributed by atoms with Crippen LogP contribution in [0.1, 0.15) is 29.1 Å². The molecule has 1 aromatic heterocycles. The Hall–Kier alpha value is -2.68. The van der Waals surface area contributed by atoms with Crippen molar-refractivity contribution in [3.8, 4) is 10.6 Å². The number of carbonyl (C=O) groups is 1. The lowest BCUT2D eigenvalue weighted by Gasteiger charge is -2.07. The monoisotopic (exact) mass is 368 g/mol. The minimum absolute atomic E-state index is 0.0350. The van der Waals surface area contributed by atoms with Crippen molar-refractivity contribution < 1.29 is 18.0 Å². The molecule has 25 heavy (non-hydrogen) atoms. The van der Waals surface area contributed by atoms with E-state index in [0.717, 1.165) is 29.7 Å². The molecule has 132 valence electrons. The van der Waals surface area contributed by atoms with Gasteiger partial charge in [-0.15, -0.1) is 11.3 Å². The quantitative estimate of drug-likeness (QED) is 0.682. The number of rotatable bonds is 6. The first-order valence-corrected chi connectivity index (χ1v) is 8.03. The van der Waals surface area contributed by atoms with Crippen LogP contribution in [0.2, 0.25) is 0 Å². The van der Waals surface area contributed by atoms with E-state index in [1.54, 1.807) is 7.05 Å². The Morgan fingerprint density at radius 2 is 2.00 bits per heavy atom. The fraction of sp³-hybridized carbons (Fsp3) is 0.188. The van der Waals surface area contributed by atoms with Crippen LogP contribution in [0.5, 0.6) is 0 Å². The van der Waals surface area contributed by atoms with E-state index in [0.29, 0.717) is 0 Å². The predicted octanol–water partition coefficient (Wildman–Crippen LogP) is 3.56. The summed E-state index contributed by atoms with van der Waals surface area (Å²) in [5.41, 5.74) is -0.376. The zero-order chi connectivity index (χ0) is 18.6. The van der Waals surface area contributed by atoms with Gasteiger partial charge in [-0.25, -0.2) is 18.2 Å². The molecule has 1 heterocycles. The van der Waals surface area contributed by atoms with E-state index in [4.69, 9.17) is 5.41 Å². The third-order valence-electron chi connectivity index (χ3n) is 3.19. The molecule has 0 radical (unpaired) electrons. The zero-order valence-corrected chi connectivity index (χ0v) is 14.2. The Balaban J connectivity index is 2.31. The summed E-state index contributed by atoms with van der Waals surface area (Å²) in [6.45, 7) is 1.18. The van der Waals surface area contributed by atoms with Gasteiger partial charge in [-0.2, -0.15) is 0 Å². The smallest absolute Gasteiger partial charge is 0.275 e. The van der Waals surface area contributed by atoms with E-state index >= 15 is 0 Å². The van der Waals surface area contributed by atoms with E-state index in [-0.39, 0.29) is 22.0 Å². The number of halogens is 3. The lowest BCUT2D eigenvalue weighted by atomic mass is 10.1. The summed E-state index contributed by atoms with van der Waals surface area (Å²) in [6, 6.07) is 1.82. The number of carbonyl (C=O) groups excluding carboxylic acids is 1. The van der Waals surface area contributed by atoms with E-state index in [1.165, 1.54) is 18.5 Å². The largest absolute Gasteiger partial charge is 0.392 e. The topological polar surface area (TPSA) is 77.9 Å². The Kier molecular flexibility index (Phi) is 5.92. The first-order valence-electron chi connectivity index (χ1n) is 7.15. The summed E-state index contributed by atoms with van der Waals surface area (Å²) >= 11 is 0.884. The third kappa shape index (κ3) is 4.24. The number of allylic oxidation sites excluding steroid dienone is 1. The average Bonchev–Trinajstić information content (AvgIpc) is 3.03. The summed E-state index contributed by atoms with van der Waals surface area (Å²) in [4.78, 5) is 16.0. The highest BCUT2D eigenvalue weighted by atomic mass is 32.1. The summed E-state index contributed by atoms with van der Waals surface area (Å²) in [7, 11) is 1.60. The summed E-state index contributed by atoms with van der Waals surface area (Å²) < 4.78 is 41.5. The van der Waals surface area contributed by atoms with Crippen molar-refractivity contribution in [3.63, 3.8) is 0 Å². The van der Waals surface area contributed by atoms with Crippen LogP contribution in [0.15, 0.2) is 29.4 Å². The molecule has 0 bridgehead atoms. The molecule has 0 saturated carbocycles. The minimum Gasteiger partial charge on any atom is -0.392 e. The molecule has 9 heteroatoms. The van der Waals surface area contributed by atoms with E-state index in [1.807, 2.05) is 0 Å². The number of thiazole rings is 1. The van der Waals surface area contributed by atoms with Gasteiger partial charge in [-0.1, -0.05) is 0 Å². The average molecular weight is 368 g/mol. The summed E-state index contributed by atoms with van der Waals surface area (Å²) in [5.74, 6) is -2.52. The summed E-state index contributed by atoms with van der Waals surface area (Å²) in [6.07, 6.45) is 0.820. The second-order valence-corrected chi connectivity index (χ2v) is 5.86. The highest BCUT2D eigenvalue weighted by Gasteiger charge is 2.20. The van der Waals surface area contributed by atoms with E-state index < -0.39 is 29.3 Å². The van der Waals surface area contributed by atoms with Crippen molar-refractivity contribution in [1.82, 2.24) is 15.6 Å². The van der Waals surface area contributed by atoms with Gasteiger partial charge in [-0.3, -0.25) is 4.79 Å². The molecule has 2 rings (SSSR count). The highest BCUT2D eigenvalue weighted by Crippen LogP contribution is 2.32. The van der Waals surface area contributed by atoms with Crippen LogP contribution in [0.25, 0.3) is 10.6 Å². The maximum atomic E-state index is 14.1. The molecule has 0 spiro atoms. The number of alkyl halides is 1. The molecule has 0 aliphatic rings. The lowest BCUT2D eigenvalue weighted by Crippen LogP contribution is -2.24. The lowest BCUT2D eigenvalue weighted by molar-refractivity contribution is 0.0963. The minimum atomic E-state index is -1.51. The maximum absolute atomic E-state index is 14.1. The van der Waals surface area contributed by atoms with Crippen molar-refractivity contribution in [2.24, 2.45) is 0 Å². The Morgan fingerprint density at radius 3 is 2.52 bits per heavy atom. The SMILES string of the molecule is CN/C=C(\C=N)NC(=O)c1csc(-c2c(F)cc([C@H](C)F)cc2F)n1. The van der Waals surface area contributed by atoms with Gasteiger partial charge >= 0.3 is 0 Å². The van der Waals surface area contributed by atoms with Gasteiger partial charge in [0.25, 0.3) is 5.91 Å². The molecular formula is C16H15F3N4OS. The van der Waals surface area contributed by atoms with Crippen LogP contribution >= 0.6 is 11.3 Å². The molecular weight excluding hydrogens is 353 g/mol. The number of hydrogen-bond donors (Lipinski definition) is 3. The standard InChI is InChI=1S/C16H15F3N4OS/c1-8(17)9-3-11(18)14(12(19)4-9)16-23-13(7-25-16)15(24)22-10(5-20)6-21-2/h3-8,20-21H,1-2H3,(H,22,24)/b10-6+,20-5?/t8-/m0/s1. The number of aromatic nitrogens is 1. The van der Waals surface area contributed by atoms with Crippen molar-refractivity contribution in [2.75, 3.05) is 7.05 Å². The van der Waals surface area contributed by atoms with E-state index in [2.05, 4.69) is 15.6 Å². The molecule has 0 unspecified atom stereocenters. The highest BCUT2D eigenvalue weighted by molar-refractivity contribution is 7.13. The molecule has 1 aromatic carbocycles. The molecule has 5 nitrogen and oxygen atoms in total. The Bertz CT molecular complexity index is 810. The first-order chi connectivity index (χ1) is 11.9. The zero-order valence-electron chi connectivity index (χ0n) is 13.4. The number of amides is 1. The van der Waals surface area contributed by atoms with Crippen LogP contribution in [-0.4, -0.2) is 24.2 Å². The molecule has 0 aliphatic carbocycles.